The fraction of sp³-hybridized carbons (Fsp3) is 0.429. The molecule has 0 fully saturated rings. The van der Waals surface area contributed by atoms with Crippen molar-refractivity contribution in [2.45, 2.75) is 27.2 Å². The number of halogens is 1. The number of hydrogen-bond acceptors (Lipinski definition) is 3. The van der Waals surface area contributed by atoms with Crippen LogP contribution in [-0.2, 0) is 11.2 Å². The Morgan fingerprint density at radius 2 is 2.00 bits per heavy atom. The van der Waals surface area contributed by atoms with Crippen LogP contribution >= 0.6 is 11.6 Å². The zero-order chi connectivity index (χ0) is 14.6. The molecule has 0 heterocycles. The normalized spacial score (nSPS) is 10.6. The number of carboxylic acids is 1. The maximum absolute atomic E-state index is 11.8. The van der Waals surface area contributed by atoms with Crippen molar-refractivity contribution in [2.75, 3.05) is 6.61 Å². The van der Waals surface area contributed by atoms with Crippen molar-refractivity contribution >= 4 is 23.5 Å². The predicted octanol–water partition coefficient (Wildman–Crippen LogP) is 3.41. The highest BCUT2D eigenvalue weighted by molar-refractivity contribution is 6.32. The summed E-state index contributed by atoms with van der Waals surface area (Å²) >= 11 is 6.06. The molecule has 0 saturated heterocycles. The van der Waals surface area contributed by atoms with Gasteiger partial charge in [-0.25, -0.2) is 9.59 Å². The standard InChI is InChI=1S/C14H17ClO4/c1-4-19-14(18)9-5-6-11(15)10(7-8(2)3)12(9)13(16)17/h5-6,8H,4,7H2,1-3H3,(H,16,17). The lowest BCUT2D eigenvalue weighted by Gasteiger charge is -2.14. The molecule has 0 saturated carbocycles. The summed E-state index contributed by atoms with van der Waals surface area (Å²) in [5, 5.41) is 9.69. The van der Waals surface area contributed by atoms with Crippen molar-refractivity contribution in [3.63, 3.8) is 0 Å². The Labute approximate surface area is 117 Å². The molecule has 4 nitrogen and oxygen atoms in total. The minimum atomic E-state index is -1.17. The van der Waals surface area contributed by atoms with Gasteiger partial charge in [-0.05, 0) is 37.0 Å². The van der Waals surface area contributed by atoms with E-state index < -0.39 is 11.9 Å². The predicted molar refractivity (Wildman–Crippen MR) is 72.9 cm³/mol. The Balaban J connectivity index is 3.40. The molecule has 0 amide bonds. The van der Waals surface area contributed by atoms with Gasteiger partial charge in [-0.2, -0.15) is 0 Å². The van der Waals surface area contributed by atoms with Gasteiger partial charge in [-0.3, -0.25) is 0 Å². The Morgan fingerprint density at radius 1 is 1.37 bits per heavy atom. The molecule has 19 heavy (non-hydrogen) atoms. The second-order valence-electron chi connectivity index (χ2n) is 4.57. The van der Waals surface area contributed by atoms with E-state index in [1.54, 1.807) is 6.92 Å². The van der Waals surface area contributed by atoms with Crippen molar-refractivity contribution < 1.29 is 19.4 Å². The van der Waals surface area contributed by atoms with Crippen LogP contribution in [0.4, 0.5) is 0 Å². The van der Waals surface area contributed by atoms with Gasteiger partial charge in [0.1, 0.15) is 0 Å². The van der Waals surface area contributed by atoms with Crippen LogP contribution in [0.1, 0.15) is 47.1 Å². The van der Waals surface area contributed by atoms with E-state index in [0.29, 0.717) is 17.0 Å². The molecule has 0 aliphatic carbocycles. The molecule has 104 valence electrons. The highest BCUT2D eigenvalue weighted by atomic mass is 35.5. The number of carbonyl (C=O) groups excluding carboxylic acids is 1. The number of ether oxygens (including phenoxy) is 1. The van der Waals surface area contributed by atoms with Crippen molar-refractivity contribution in [1.29, 1.82) is 0 Å². The van der Waals surface area contributed by atoms with Gasteiger partial charge in [0.15, 0.2) is 0 Å². The zero-order valence-corrected chi connectivity index (χ0v) is 12.0. The van der Waals surface area contributed by atoms with Gasteiger partial charge in [-0.1, -0.05) is 25.4 Å². The molecule has 0 bridgehead atoms. The first kappa shape index (κ1) is 15.5. The van der Waals surface area contributed by atoms with Gasteiger partial charge in [0.2, 0.25) is 0 Å². The first-order valence-electron chi connectivity index (χ1n) is 6.10. The third kappa shape index (κ3) is 3.70. The van der Waals surface area contributed by atoms with Gasteiger partial charge < -0.3 is 9.84 Å². The summed E-state index contributed by atoms with van der Waals surface area (Å²) in [5.41, 5.74) is 0.476. The largest absolute Gasteiger partial charge is 0.478 e. The lowest BCUT2D eigenvalue weighted by Crippen LogP contribution is -2.15. The van der Waals surface area contributed by atoms with E-state index in [-0.39, 0.29) is 23.7 Å². The highest BCUT2D eigenvalue weighted by Crippen LogP contribution is 2.27. The second kappa shape index (κ2) is 6.57. The monoisotopic (exact) mass is 284 g/mol. The molecule has 0 aromatic heterocycles. The number of carbonyl (C=O) groups is 2. The summed E-state index contributed by atoms with van der Waals surface area (Å²) in [6, 6.07) is 2.94. The molecular weight excluding hydrogens is 268 g/mol. The zero-order valence-electron chi connectivity index (χ0n) is 11.2. The van der Waals surface area contributed by atoms with Crippen molar-refractivity contribution in [2.24, 2.45) is 5.92 Å². The first-order chi connectivity index (χ1) is 8.88. The van der Waals surface area contributed by atoms with Crippen LogP contribution in [0, 0.1) is 5.92 Å². The summed E-state index contributed by atoms with van der Waals surface area (Å²) < 4.78 is 4.87. The van der Waals surface area contributed by atoms with Crippen LogP contribution in [0.3, 0.4) is 0 Å². The average molecular weight is 285 g/mol. The fourth-order valence-corrected chi connectivity index (χ4v) is 2.09. The van der Waals surface area contributed by atoms with Crippen LogP contribution < -0.4 is 0 Å². The minimum absolute atomic E-state index is 0.0504. The molecule has 0 atom stereocenters. The molecule has 1 aromatic rings. The number of carboxylic acid groups (broad SMARTS) is 1. The topological polar surface area (TPSA) is 63.6 Å². The van der Waals surface area contributed by atoms with E-state index in [1.807, 2.05) is 13.8 Å². The van der Waals surface area contributed by atoms with Crippen molar-refractivity contribution in [1.82, 2.24) is 0 Å². The Bertz CT molecular complexity index is 494. The van der Waals surface area contributed by atoms with E-state index in [2.05, 4.69) is 0 Å². The number of rotatable bonds is 5. The summed E-state index contributed by atoms with van der Waals surface area (Å²) in [5.74, 6) is -1.57. The Hall–Kier alpha value is -1.55. The minimum Gasteiger partial charge on any atom is -0.478 e. The van der Waals surface area contributed by atoms with E-state index in [9.17, 15) is 14.7 Å². The molecule has 0 aliphatic rings. The molecule has 1 N–H and O–H groups in total. The molecule has 1 rings (SSSR count). The van der Waals surface area contributed by atoms with Gasteiger partial charge >= 0.3 is 11.9 Å². The summed E-state index contributed by atoms with van der Waals surface area (Å²) in [6.45, 7) is 5.78. The molecule has 0 aliphatic heterocycles. The van der Waals surface area contributed by atoms with Crippen LogP contribution in [-0.4, -0.2) is 23.7 Å². The molecule has 0 unspecified atom stereocenters. The number of hydrogen-bond donors (Lipinski definition) is 1. The van der Waals surface area contributed by atoms with E-state index in [1.165, 1.54) is 12.1 Å². The van der Waals surface area contributed by atoms with Crippen molar-refractivity contribution in [3.8, 4) is 0 Å². The van der Waals surface area contributed by atoms with Crippen molar-refractivity contribution in [3.05, 3.63) is 33.8 Å². The summed E-state index contributed by atoms with van der Waals surface area (Å²) in [6.07, 6.45) is 0.494. The molecule has 0 radical (unpaired) electrons. The molecule has 5 heteroatoms. The van der Waals surface area contributed by atoms with Gasteiger partial charge in [0.25, 0.3) is 0 Å². The smallest absolute Gasteiger partial charge is 0.339 e. The SMILES string of the molecule is CCOC(=O)c1ccc(Cl)c(CC(C)C)c1C(=O)O. The molecule has 1 aromatic carbocycles. The Kier molecular flexibility index (Phi) is 5.36. The van der Waals surface area contributed by atoms with Gasteiger partial charge in [0, 0.05) is 5.02 Å². The number of benzene rings is 1. The quantitative estimate of drug-likeness (QED) is 0.842. The third-order valence-corrected chi connectivity index (χ3v) is 2.93. The summed E-state index contributed by atoms with van der Waals surface area (Å²) in [7, 11) is 0. The van der Waals surface area contributed by atoms with E-state index in [0.717, 1.165) is 0 Å². The summed E-state index contributed by atoms with van der Waals surface area (Å²) in [4.78, 5) is 23.2. The average Bonchev–Trinajstić information content (AvgIpc) is 2.30. The highest BCUT2D eigenvalue weighted by Gasteiger charge is 2.23. The van der Waals surface area contributed by atoms with Crippen LogP contribution in [0.5, 0.6) is 0 Å². The van der Waals surface area contributed by atoms with E-state index in [4.69, 9.17) is 16.3 Å². The third-order valence-electron chi connectivity index (χ3n) is 2.58. The fourth-order valence-electron chi connectivity index (χ4n) is 1.85. The molecular formula is C14H17ClO4. The van der Waals surface area contributed by atoms with Gasteiger partial charge in [-0.15, -0.1) is 0 Å². The maximum Gasteiger partial charge on any atom is 0.339 e. The van der Waals surface area contributed by atoms with Crippen LogP contribution in [0.2, 0.25) is 5.02 Å². The van der Waals surface area contributed by atoms with Crippen LogP contribution in [0.25, 0.3) is 0 Å². The van der Waals surface area contributed by atoms with E-state index >= 15 is 0 Å². The Morgan fingerprint density at radius 3 is 2.47 bits per heavy atom. The lowest BCUT2D eigenvalue weighted by atomic mass is 9.94. The first-order valence-corrected chi connectivity index (χ1v) is 6.48. The number of aromatic carboxylic acids is 1. The van der Waals surface area contributed by atoms with Gasteiger partial charge in [0.05, 0.1) is 17.7 Å². The lowest BCUT2D eigenvalue weighted by molar-refractivity contribution is 0.0514. The molecule has 0 spiro atoms. The maximum atomic E-state index is 11.8. The number of esters is 1. The van der Waals surface area contributed by atoms with Crippen LogP contribution in [0.15, 0.2) is 12.1 Å². The second-order valence-corrected chi connectivity index (χ2v) is 4.98.